The van der Waals surface area contributed by atoms with Crippen molar-refractivity contribution < 1.29 is 0 Å². The molecule has 1 unspecified atom stereocenters. The van der Waals surface area contributed by atoms with E-state index in [2.05, 4.69) is 40.5 Å². The highest BCUT2D eigenvalue weighted by Gasteiger charge is 2.18. The molecule has 1 aliphatic rings. The predicted molar refractivity (Wildman–Crippen MR) is 79.2 cm³/mol. The van der Waals surface area contributed by atoms with Crippen molar-refractivity contribution in [2.24, 2.45) is 0 Å². The van der Waals surface area contributed by atoms with Crippen molar-refractivity contribution in [3.8, 4) is 0 Å². The summed E-state index contributed by atoms with van der Waals surface area (Å²) in [5.41, 5.74) is 1.33. The first kappa shape index (κ1) is 14.5. The van der Waals surface area contributed by atoms with Gasteiger partial charge in [-0.15, -0.1) is 0 Å². The molecule has 1 N–H and O–H groups in total. The van der Waals surface area contributed by atoms with E-state index in [-0.39, 0.29) is 0 Å². The Kier molecular flexibility index (Phi) is 5.40. The minimum absolute atomic E-state index is 0.491. The molecule has 1 saturated heterocycles. The van der Waals surface area contributed by atoms with Crippen molar-refractivity contribution in [2.75, 3.05) is 19.6 Å². The average Bonchev–Trinajstić information content (AvgIpc) is 3.00. The van der Waals surface area contributed by atoms with Gasteiger partial charge in [-0.2, -0.15) is 0 Å². The molecule has 2 heterocycles. The van der Waals surface area contributed by atoms with Crippen LogP contribution in [-0.2, 0) is 6.54 Å². The first-order valence-corrected chi connectivity index (χ1v) is 7.67. The second-order valence-electron chi connectivity index (χ2n) is 5.91. The normalized spacial score (nSPS) is 19.7. The van der Waals surface area contributed by atoms with Crippen molar-refractivity contribution in [1.29, 1.82) is 0 Å². The maximum absolute atomic E-state index is 4.31. The van der Waals surface area contributed by atoms with Crippen molar-refractivity contribution in [1.82, 2.24) is 19.8 Å². The molecule has 0 spiro atoms. The van der Waals surface area contributed by atoms with Crippen LogP contribution < -0.4 is 5.32 Å². The van der Waals surface area contributed by atoms with Crippen molar-refractivity contribution >= 4 is 0 Å². The lowest BCUT2D eigenvalue weighted by Crippen LogP contribution is -2.38. The molecule has 4 heteroatoms. The van der Waals surface area contributed by atoms with E-state index in [0.29, 0.717) is 12.1 Å². The summed E-state index contributed by atoms with van der Waals surface area (Å²) < 4.78 is 2.28. The van der Waals surface area contributed by atoms with E-state index in [4.69, 9.17) is 0 Å². The van der Waals surface area contributed by atoms with Crippen LogP contribution in [-0.4, -0.2) is 40.1 Å². The minimum Gasteiger partial charge on any atom is -0.331 e. The Bertz CT molecular complexity index is 366. The van der Waals surface area contributed by atoms with Crippen LogP contribution in [0.1, 0.15) is 51.8 Å². The molecule has 0 saturated carbocycles. The van der Waals surface area contributed by atoms with Gasteiger partial charge in [0.05, 0.1) is 12.0 Å². The Morgan fingerprint density at radius 2 is 2.37 bits per heavy atom. The van der Waals surface area contributed by atoms with E-state index in [9.17, 15) is 0 Å². The maximum Gasteiger partial charge on any atom is 0.0951 e. The highest BCUT2D eigenvalue weighted by atomic mass is 15.2. The Hall–Kier alpha value is -0.870. The van der Waals surface area contributed by atoms with Crippen LogP contribution in [0.3, 0.4) is 0 Å². The van der Waals surface area contributed by atoms with Gasteiger partial charge in [-0.25, -0.2) is 4.98 Å². The highest BCUT2D eigenvalue weighted by Crippen LogP contribution is 2.14. The molecule has 1 aromatic heterocycles. The van der Waals surface area contributed by atoms with Gasteiger partial charge in [0.1, 0.15) is 0 Å². The number of rotatable bonds is 7. The maximum atomic E-state index is 4.31. The van der Waals surface area contributed by atoms with E-state index in [1.807, 2.05) is 12.5 Å². The average molecular weight is 264 g/mol. The monoisotopic (exact) mass is 264 g/mol. The third-order valence-corrected chi connectivity index (χ3v) is 3.87. The van der Waals surface area contributed by atoms with Gasteiger partial charge in [-0.1, -0.05) is 6.92 Å². The van der Waals surface area contributed by atoms with E-state index < -0.39 is 0 Å². The molecular weight excluding hydrogens is 236 g/mol. The molecule has 4 nitrogen and oxygen atoms in total. The predicted octanol–water partition coefficient (Wildman–Crippen LogP) is 2.43. The molecule has 19 heavy (non-hydrogen) atoms. The van der Waals surface area contributed by atoms with Crippen LogP contribution in [0.25, 0.3) is 0 Å². The topological polar surface area (TPSA) is 33.1 Å². The van der Waals surface area contributed by atoms with Gasteiger partial charge in [0.15, 0.2) is 0 Å². The molecule has 0 bridgehead atoms. The summed E-state index contributed by atoms with van der Waals surface area (Å²) in [4.78, 5) is 6.88. The molecule has 0 aromatic carbocycles. The lowest BCUT2D eigenvalue weighted by Gasteiger charge is -2.26. The van der Waals surface area contributed by atoms with Crippen molar-refractivity contribution in [3.05, 3.63) is 18.2 Å². The zero-order valence-corrected chi connectivity index (χ0v) is 12.6. The standard InChI is InChI=1S/C15H28N4/c1-4-8-18(10-14-6-5-7-17-14)11-15-9-16-12-19(15)13(2)3/h9,12-14,17H,4-8,10-11H2,1-3H3. The van der Waals surface area contributed by atoms with Crippen LogP contribution in [0.4, 0.5) is 0 Å². The van der Waals surface area contributed by atoms with E-state index in [1.165, 1.54) is 38.0 Å². The van der Waals surface area contributed by atoms with Gasteiger partial charge >= 0.3 is 0 Å². The van der Waals surface area contributed by atoms with E-state index in [1.54, 1.807) is 0 Å². The lowest BCUT2D eigenvalue weighted by molar-refractivity contribution is 0.235. The van der Waals surface area contributed by atoms with Crippen LogP contribution in [0.15, 0.2) is 12.5 Å². The number of nitrogens with one attached hydrogen (secondary N) is 1. The molecule has 1 aromatic rings. The number of nitrogens with zero attached hydrogens (tertiary/aromatic N) is 3. The largest absolute Gasteiger partial charge is 0.331 e. The van der Waals surface area contributed by atoms with Crippen molar-refractivity contribution in [3.63, 3.8) is 0 Å². The zero-order valence-electron chi connectivity index (χ0n) is 12.6. The summed E-state index contributed by atoms with van der Waals surface area (Å²) in [5.74, 6) is 0. The summed E-state index contributed by atoms with van der Waals surface area (Å²) in [6, 6.07) is 1.17. The molecule has 0 amide bonds. The Labute approximate surface area is 117 Å². The van der Waals surface area contributed by atoms with Gasteiger partial charge in [-0.05, 0) is 46.2 Å². The lowest BCUT2D eigenvalue weighted by atomic mass is 10.2. The Balaban J connectivity index is 1.96. The molecular formula is C15H28N4. The first-order valence-electron chi connectivity index (χ1n) is 7.67. The first-order chi connectivity index (χ1) is 9.20. The van der Waals surface area contributed by atoms with Crippen LogP contribution in [0, 0.1) is 0 Å². The summed E-state index contributed by atoms with van der Waals surface area (Å²) in [7, 11) is 0. The molecule has 108 valence electrons. The van der Waals surface area contributed by atoms with Crippen LogP contribution >= 0.6 is 0 Å². The number of hydrogen-bond donors (Lipinski definition) is 1. The third-order valence-electron chi connectivity index (χ3n) is 3.87. The molecule has 0 aliphatic carbocycles. The SMILES string of the molecule is CCCN(Cc1cncn1C(C)C)CC1CCCN1. The molecule has 2 rings (SSSR count). The fourth-order valence-electron chi connectivity index (χ4n) is 2.92. The Morgan fingerprint density at radius 3 is 3.00 bits per heavy atom. The van der Waals surface area contributed by atoms with Crippen LogP contribution in [0.2, 0.25) is 0 Å². The Morgan fingerprint density at radius 1 is 1.53 bits per heavy atom. The summed E-state index contributed by atoms with van der Waals surface area (Å²) in [5, 5.41) is 3.60. The zero-order chi connectivity index (χ0) is 13.7. The van der Waals surface area contributed by atoms with Crippen LogP contribution in [0.5, 0.6) is 0 Å². The smallest absolute Gasteiger partial charge is 0.0951 e. The van der Waals surface area contributed by atoms with Gasteiger partial charge in [-0.3, -0.25) is 4.90 Å². The number of imidazole rings is 1. The fraction of sp³-hybridized carbons (Fsp3) is 0.800. The summed E-state index contributed by atoms with van der Waals surface area (Å²) >= 11 is 0. The second kappa shape index (κ2) is 7.06. The van der Waals surface area contributed by atoms with Gasteiger partial charge in [0.2, 0.25) is 0 Å². The second-order valence-corrected chi connectivity index (χ2v) is 5.91. The number of aromatic nitrogens is 2. The van der Waals surface area contributed by atoms with E-state index >= 15 is 0 Å². The third kappa shape index (κ3) is 4.05. The summed E-state index contributed by atoms with van der Waals surface area (Å²) in [6.45, 7) is 11.2. The van der Waals surface area contributed by atoms with Gasteiger partial charge < -0.3 is 9.88 Å². The molecule has 1 fully saturated rings. The van der Waals surface area contributed by atoms with Crippen molar-refractivity contribution in [2.45, 2.75) is 58.7 Å². The number of hydrogen-bond acceptors (Lipinski definition) is 3. The molecule has 0 radical (unpaired) electrons. The quantitative estimate of drug-likeness (QED) is 0.821. The summed E-state index contributed by atoms with van der Waals surface area (Å²) in [6.07, 6.45) is 7.84. The fourth-order valence-corrected chi connectivity index (χ4v) is 2.92. The minimum atomic E-state index is 0.491. The molecule has 1 aliphatic heterocycles. The van der Waals surface area contributed by atoms with Gasteiger partial charge in [0, 0.05) is 31.4 Å². The highest BCUT2D eigenvalue weighted by molar-refractivity contribution is 5.00. The van der Waals surface area contributed by atoms with Gasteiger partial charge in [0.25, 0.3) is 0 Å². The van der Waals surface area contributed by atoms with E-state index in [0.717, 1.165) is 13.1 Å². The molecule has 1 atom stereocenters.